The molecule has 1 aromatic heterocycles. The second kappa shape index (κ2) is 8.09. The zero-order valence-corrected chi connectivity index (χ0v) is 12.1. The van der Waals surface area contributed by atoms with Crippen LogP contribution in [0.3, 0.4) is 0 Å². The molecule has 0 bridgehead atoms. The Morgan fingerprint density at radius 3 is 2.83 bits per heavy atom. The molecule has 0 radical (unpaired) electrons. The first-order valence-corrected chi connectivity index (χ1v) is 7.03. The summed E-state index contributed by atoms with van der Waals surface area (Å²) in [6.07, 6.45) is 11.3. The number of hydrogen-bond donors (Lipinski definition) is 1. The molecule has 0 aliphatic heterocycles. The van der Waals surface area contributed by atoms with Gasteiger partial charge in [-0.25, -0.2) is 0 Å². The lowest BCUT2D eigenvalue weighted by Crippen LogP contribution is -2.17. The third-order valence-corrected chi connectivity index (χ3v) is 3.40. The van der Waals surface area contributed by atoms with Gasteiger partial charge in [-0.1, -0.05) is 25.8 Å². The maximum Gasteiger partial charge on any atom is 0.0669 e. The van der Waals surface area contributed by atoms with Crippen molar-refractivity contribution in [3.8, 4) is 0 Å². The Morgan fingerprint density at radius 2 is 2.22 bits per heavy atom. The van der Waals surface area contributed by atoms with Gasteiger partial charge in [0.15, 0.2) is 0 Å². The Kier molecular flexibility index (Phi) is 6.73. The molecule has 1 heterocycles. The van der Waals surface area contributed by atoms with Crippen molar-refractivity contribution in [2.45, 2.75) is 51.5 Å². The Hall–Kier alpha value is -1.09. The largest absolute Gasteiger partial charge is 0.313 e. The zero-order chi connectivity index (χ0) is 13.4. The van der Waals surface area contributed by atoms with Crippen LogP contribution in [0.5, 0.6) is 0 Å². The van der Waals surface area contributed by atoms with Crippen molar-refractivity contribution in [2.75, 3.05) is 7.05 Å². The molecule has 3 nitrogen and oxygen atoms in total. The fourth-order valence-electron chi connectivity index (χ4n) is 2.39. The minimum atomic E-state index is 0.442. The van der Waals surface area contributed by atoms with Gasteiger partial charge >= 0.3 is 0 Å². The highest BCUT2D eigenvalue weighted by Crippen LogP contribution is 2.23. The van der Waals surface area contributed by atoms with Gasteiger partial charge in [0.05, 0.1) is 5.69 Å². The number of aromatic nitrogens is 2. The van der Waals surface area contributed by atoms with E-state index in [2.05, 4.69) is 30.1 Å². The average Bonchev–Trinajstić information content (AvgIpc) is 2.75. The third kappa shape index (κ3) is 4.30. The summed E-state index contributed by atoms with van der Waals surface area (Å²) in [5, 5.41) is 7.94. The molecule has 18 heavy (non-hydrogen) atoms. The van der Waals surface area contributed by atoms with Crippen LogP contribution in [0.4, 0.5) is 0 Å². The molecule has 102 valence electrons. The highest BCUT2D eigenvalue weighted by Gasteiger charge is 2.15. The average molecular weight is 249 g/mol. The second-order valence-electron chi connectivity index (χ2n) is 4.83. The SMILES string of the molecule is C=CCCCCCC(NC)c1cn(C)nc1CC. The number of nitrogens with one attached hydrogen (secondary N) is 1. The van der Waals surface area contributed by atoms with E-state index < -0.39 is 0 Å². The molecule has 0 spiro atoms. The Morgan fingerprint density at radius 1 is 1.44 bits per heavy atom. The van der Waals surface area contributed by atoms with Gasteiger partial charge in [-0.2, -0.15) is 5.10 Å². The Bertz CT molecular complexity index is 355. The maximum absolute atomic E-state index is 4.52. The fourth-order valence-corrected chi connectivity index (χ4v) is 2.39. The maximum atomic E-state index is 4.52. The topological polar surface area (TPSA) is 29.9 Å². The molecule has 1 aromatic rings. The molecular weight excluding hydrogens is 222 g/mol. The highest BCUT2D eigenvalue weighted by atomic mass is 15.3. The lowest BCUT2D eigenvalue weighted by Gasteiger charge is -2.15. The Labute approximate surface area is 111 Å². The summed E-state index contributed by atoms with van der Waals surface area (Å²) in [6.45, 7) is 5.93. The monoisotopic (exact) mass is 249 g/mol. The summed E-state index contributed by atoms with van der Waals surface area (Å²) >= 11 is 0. The van der Waals surface area contributed by atoms with Gasteiger partial charge in [0.1, 0.15) is 0 Å². The quantitative estimate of drug-likeness (QED) is 0.537. The second-order valence-corrected chi connectivity index (χ2v) is 4.83. The van der Waals surface area contributed by atoms with Gasteiger partial charge in [-0.3, -0.25) is 4.68 Å². The predicted molar refractivity (Wildman–Crippen MR) is 77.7 cm³/mol. The van der Waals surface area contributed by atoms with Crippen molar-refractivity contribution in [2.24, 2.45) is 7.05 Å². The Balaban J connectivity index is 2.51. The van der Waals surface area contributed by atoms with E-state index in [1.165, 1.54) is 36.9 Å². The van der Waals surface area contributed by atoms with Gasteiger partial charge < -0.3 is 5.32 Å². The molecule has 0 fully saturated rings. The van der Waals surface area contributed by atoms with Crippen molar-refractivity contribution >= 4 is 0 Å². The van der Waals surface area contributed by atoms with Crippen LogP contribution in [-0.4, -0.2) is 16.8 Å². The number of hydrogen-bond acceptors (Lipinski definition) is 2. The molecule has 0 amide bonds. The van der Waals surface area contributed by atoms with Crippen LogP contribution in [0.2, 0.25) is 0 Å². The lowest BCUT2D eigenvalue weighted by molar-refractivity contribution is 0.505. The molecule has 1 atom stereocenters. The predicted octanol–water partition coefficient (Wildman–Crippen LogP) is 3.38. The van der Waals surface area contributed by atoms with E-state index in [4.69, 9.17) is 0 Å². The van der Waals surface area contributed by atoms with Crippen LogP contribution in [0.25, 0.3) is 0 Å². The van der Waals surface area contributed by atoms with Gasteiger partial charge in [-0.15, -0.1) is 6.58 Å². The highest BCUT2D eigenvalue weighted by molar-refractivity contribution is 5.21. The van der Waals surface area contributed by atoms with E-state index in [-0.39, 0.29) is 0 Å². The first-order chi connectivity index (χ1) is 8.72. The first kappa shape index (κ1) is 15.0. The summed E-state index contributed by atoms with van der Waals surface area (Å²) in [5.41, 5.74) is 2.59. The molecule has 1 N–H and O–H groups in total. The third-order valence-electron chi connectivity index (χ3n) is 3.40. The minimum Gasteiger partial charge on any atom is -0.313 e. The summed E-state index contributed by atoms with van der Waals surface area (Å²) in [4.78, 5) is 0. The number of aryl methyl sites for hydroxylation is 2. The molecule has 0 saturated heterocycles. The smallest absolute Gasteiger partial charge is 0.0669 e. The van der Waals surface area contributed by atoms with E-state index >= 15 is 0 Å². The van der Waals surface area contributed by atoms with E-state index in [9.17, 15) is 0 Å². The molecule has 0 aliphatic rings. The summed E-state index contributed by atoms with van der Waals surface area (Å²) in [7, 11) is 4.04. The zero-order valence-electron chi connectivity index (χ0n) is 12.1. The van der Waals surface area contributed by atoms with Crippen molar-refractivity contribution < 1.29 is 0 Å². The number of nitrogens with zero attached hydrogens (tertiary/aromatic N) is 2. The van der Waals surface area contributed by atoms with Crippen LogP contribution in [0.15, 0.2) is 18.9 Å². The van der Waals surface area contributed by atoms with E-state index in [1.54, 1.807) is 0 Å². The molecule has 0 aliphatic carbocycles. The molecule has 0 aromatic carbocycles. The van der Waals surface area contributed by atoms with Crippen molar-refractivity contribution in [3.63, 3.8) is 0 Å². The van der Waals surface area contributed by atoms with Crippen molar-refractivity contribution in [1.82, 2.24) is 15.1 Å². The van der Waals surface area contributed by atoms with Gasteiger partial charge in [0, 0.05) is 24.8 Å². The number of allylic oxidation sites excluding steroid dienone is 1. The molecule has 1 rings (SSSR count). The normalized spacial score (nSPS) is 12.6. The summed E-state index contributed by atoms with van der Waals surface area (Å²) in [5.74, 6) is 0. The van der Waals surface area contributed by atoms with Crippen LogP contribution in [0.1, 0.15) is 56.3 Å². The number of unbranched alkanes of at least 4 members (excludes halogenated alkanes) is 3. The molecule has 3 heteroatoms. The number of rotatable bonds is 9. The first-order valence-electron chi connectivity index (χ1n) is 7.03. The van der Waals surface area contributed by atoms with E-state index in [0.29, 0.717) is 6.04 Å². The van der Waals surface area contributed by atoms with E-state index in [1.807, 2.05) is 24.9 Å². The standard InChI is InChI=1S/C15H27N3/c1-5-7-8-9-10-11-15(16-3)13-12-18(4)17-14(13)6-2/h5,12,15-16H,1,6-11H2,2-4H3. The van der Waals surface area contributed by atoms with Crippen LogP contribution in [0, 0.1) is 0 Å². The summed E-state index contributed by atoms with van der Waals surface area (Å²) in [6, 6.07) is 0.442. The van der Waals surface area contributed by atoms with Crippen molar-refractivity contribution in [1.29, 1.82) is 0 Å². The molecule has 0 saturated carbocycles. The lowest BCUT2D eigenvalue weighted by atomic mass is 10.00. The van der Waals surface area contributed by atoms with Crippen LogP contribution < -0.4 is 5.32 Å². The van der Waals surface area contributed by atoms with Crippen molar-refractivity contribution in [3.05, 3.63) is 30.1 Å². The summed E-state index contributed by atoms with van der Waals surface area (Å²) < 4.78 is 1.93. The van der Waals surface area contributed by atoms with Gasteiger partial charge in [-0.05, 0) is 32.7 Å². The van der Waals surface area contributed by atoms with Crippen LogP contribution >= 0.6 is 0 Å². The minimum absolute atomic E-state index is 0.442. The van der Waals surface area contributed by atoms with Gasteiger partial charge in [0.2, 0.25) is 0 Å². The van der Waals surface area contributed by atoms with Crippen LogP contribution in [-0.2, 0) is 13.5 Å². The fraction of sp³-hybridized carbons (Fsp3) is 0.667. The van der Waals surface area contributed by atoms with E-state index in [0.717, 1.165) is 12.8 Å². The molecular formula is C15H27N3. The molecule has 1 unspecified atom stereocenters. The van der Waals surface area contributed by atoms with Gasteiger partial charge in [0.25, 0.3) is 0 Å².